The van der Waals surface area contributed by atoms with Gasteiger partial charge in [0.05, 0.1) is 0 Å². The van der Waals surface area contributed by atoms with Gasteiger partial charge in [0.25, 0.3) is 0 Å². The third kappa shape index (κ3) is 2.47. The van der Waals surface area contributed by atoms with Gasteiger partial charge in [0.1, 0.15) is 0 Å². The number of aliphatic hydroxyl groups excluding tert-OH is 1. The van der Waals surface area contributed by atoms with Crippen LogP contribution in [0.15, 0.2) is 35.9 Å². The predicted molar refractivity (Wildman–Crippen MR) is 55.3 cm³/mol. The highest BCUT2D eigenvalue weighted by Crippen LogP contribution is 2.06. The van der Waals surface area contributed by atoms with Crippen molar-refractivity contribution in [2.45, 2.75) is 6.92 Å². The van der Waals surface area contributed by atoms with Crippen molar-refractivity contribution in [2.75, 3.05) is 0 Å². The van der Waals surface area contributed by atoms with Gasteiger partial charge in [0.2, 0.25) is 0 Å². The Hall–Kier alpha value is -1.15. The van der Waals surface area contributed by atoms with Gasteiger partial charge in [-0.05, 0) is 30.8 Å². The summed E-state index contributed by atoms with van der Waals surface area (Å²) in [5.74, 6) is 0. The molecule has 0 aromatic heterocycles. The van der Waals surface area contributed by atoms with Crippen LogP contribution in [-0.2, 0) is 0 Å². The molecule has 0 aliphatic heterocycles. The SMILES string of the molecule is CC(=Cc1ccccc1)C(O)=S. The first-order valence-electron chi connectivity index (χ1n) is 3.67. The highest BCUT2D eigenvalue weighted by molar-refractivity contribution is 7.80. The Labute approximate surface area is 77.4 Å². The van der Waals surface area contributed by atoms with Gasteiger partial charge in [-0.2, -0.15) is 0 Å². The summed E-state index contributed by atoms with van der Waals surface area (Å²) < 4.78 is 0. The summed E-state index contributed by atoms with van der Waals surface area (Å²) in [6.07, 6.45) is 1.85. The number of thiocarbonyl (C=S) groups is 1. The van der Waals surface area contributed by atoms with Crippen LogP contribution in [0.25, 0.3) is 6.08 Å². The van der Waals surface area contributed by atoms with Crippen LogP contribution in [-0.4, -0.2) is 10.2 Å². The van der Waals surface area contributed by atoms with E-state index in [2.05, 4.69) is 12.2 Å². The molecule has 62 valence electrons. The van der Waals surface area contributed by atoms with Gasteiger partial charge in [0.15, 0.2) is 5.05 Å². The van der Waals surface area contributed by atoms with Crippen LogP contribution < -0.4 is 0 Å². The molecule has 0 amide bonds. The van der Waals surface area contributed by atoms with Crippen molar-refractivity contribution in [3.05, 3.63) is 41.5 Å². The first-order chi connectivity index (χ1) is 5.70. The van der Waals surface area contributed by atoms with Crippen LogP contribution in [0.3, 0.4) is 0 Å². The maximum atomic E-state index is 8.95. The summed E-state index contributed by atoms with van der Waals surface area (Å²) in [6, 6.07) is 9.76. The van der Waals surface area contributed by atoms with E-state index in [0.29, 0.717) is 0 Å². The molecule has 0 bridgehead atoms. The van der Waals surface area contributed by atoms with Gasteiger partial charge < -0.3 is 5.11 Å². The zero-order valence-electron chi connectivity index (χ0n) is 6.82. The van der Waals surface area contributed by atoms with Crippen molar-refractivity contribution in [1.29, 1.82) is 0 Å². The third-order valence-electron chi connectivity index (χ3n) is 1.52. The van der Waals surface area contributed by atoms with Crippen molar-refractivity contribution in [3.63, 3.8) is 0 Å². The molecule has 0 unspecified atom stereocenters. The van der Waals surface area contributed by atoms with Gasteiger partial charge in [-0.25, -0.2) is 0 Å². The molecule has 0 saturated heterocycles. The first-order valence-corrected chi connectivity index (χ1v) is 4.07. The molecule has 1 rings (SSSR count). The lowest BCUT2D eigenvalue weighted by molar-refractivity contribution is 0.569. The summed E-state index contributed by atoms with van der Waals surface area (Å²) in [5, 5.41) is 8.90. The zero-order valence-corrected chi connectivity index (χ0v) is 7.64. The molecule has 0 fully saturated rings. The predicted octanol–water partition coefficient (Wildman–Crippen LogP) is 2.98. The summed E-state index contributed by atoms with van der Waals surface area (Å²) >= 11 is 4.60. The second-order valence-corrected chi connectivity index (χ2v) is 2.93. The number of benzene rings is 1. The van der Waals surface area contributed by atoms with Gasteiger partial charge in [-0.15, -0.1) is 0 Å². The highest BCUT2D eigenvalue weighted by Gasteiger charge is 1.93. The third-order valence-corrected chi connectivity index (χ3v) is 1.84. The minimum atomic E-state index is -0.0427. The van der Waals surface area contributed by atoms with Gasteiger partial charge in [-0.3, -0.25) is 0 Å². The van der Waals surface area contributed by atoms with Crippen molar-refractivity contribution in [2.24, 2.45) is 0 Å². The van der Waals surface area contributed by atoms with Crippen LogP contribution in [0, 0.1) is 0 Å². The van der Waals surface area contributed by atoms with E-state index in [1.165, 1.54) is 0 Å². The van der Waals surface area contributed by atoms with E-state index in [9.17, 15) is 0 Å². The minimum absolute atomic E-state index is 0.0427. The maximum absolute atomic E-state index is 8.95. The molecule has 1 nitrogen and oxygen atoms in total. The van der Waals surface area contributed by atoms with Gasteiger partial charge in [0, 0.05) is 5.57 Å². The Bertz CT molecular complexity index is 301. The number of hydrogen-bond acceptors (Lipinski definition) is 1. The van der Waals surface area contributed by atoms with Crippen LogP contribution >= 0.6 is 12.2 Å². The molecular formula is C10H10OS. The second kappa shape index (κ2) is 4.02. The highest BCUT2D eigenvalue weighted by atomic mass is 32.1. The van der Waals surface area contributed by atoms with Crippen LogP contribution in [0.2, 0.25) is 0 Å². The topological polar surface area (TPSA) is 20.2 Å². The minimum Gasteiger partial charge on any atom is -0.499 e. The van der Waals surface area contributed by atoms with Crippen molar-refractivity contribution >= 4 is 23.3 Å². The molecule has 0 heterocycles. The molecule has 0 atom stereocenters. The summed E-state index contributed by atoms with van der Waals surface area (Å²) in [5.41, 5.74) is 1.77. The Morgan fingerprint density at radius 1 is 1.33 bits per heavy atom. The van der Waals surface area contributed by atoms with Crippen LogP contribution in [0.1, 0.15) is 12.5 Å². The smallest absolute Gasteiger partial charge is 0.184 e. The molecular weight excluding hydrogens is 168 g/mol. The van der Waals surface area contributed by atoms with Crippen LogP contribution in [0.4, 0.5) is 0 Å². The average molecular weight is 178 g/mol. The Balaban J connectivity index is 2.89. The van der Waals surface area contributed by atoms with E-state index in [4.69, 9.17) is 5.11 Å². The van der Waals surface area contributed by atoms with Crippen LogP contribution in [0.5, 0.6) is 0 Å². The molecule has 0 aliphatic carbocycles. The summed E-state index contributed by atoms with van der Waals surface area (Å²) in [7, 11) is 0. The van der Waals surface area contributed by atoms with Crippen molar-refractivity contribution in [3.8, 4) is 0 Å². The maximum Gasteiger partial charge on any atom is 0.184 e. The Morgan fingerprint density at radius 3 is 2.42 bits per heavy atom. The molecule has 1 aromatic rings. The monoisotopic (exact) mass is 178 g/mol. The van der Waals surface area contributed by atoms with E-state index >= 15 is 0 Å². The Kier molecular flexibility index (Phi) is 3.00. The lowest BCUT2D eigenvalue weighted by Crippen LogP contribution is -1.91. The second-order valence-electron chi connectivity index (χ2n) is 2.54. The largest absolute Gasteiger partial charge is 0.499 e. The molecule has 0 aliphatic rings. The standard InChI is InChI=1S/C10H10OS/c1-8(10(11)12)7-9-5-3-2-4-6-9/h2-7H,1H3,(H,11,12). The van der Waals surface area contributed by atoms with E-state index in [1.54, 1.807) is 6.92 Å². The van der Waals surface area contributed by atoms with Crippen molar-refractivity contribution < 1.29 is 5.11 Å². The number of hydrogen-bond donors (Lipinski definition) is 1. The average Bonchev–Trinajstić information content (AvgIpc) is 2.06. The number of rotatable bonds is 2. The zero-order chi connectivity index (χ0) is 8.97. The van der Waals surface area contributed by atoms with E-state index in [1.807, 2.05) is 36.4 Å². The molecule has 1 N–H and O–H groups in total. The normalized spacial score (nSPS) is 11.2. The molecule has 0 saturated carbocycles. The van der Waals surface area contributed by atoms with Gasteiger partial charge >= 0.3 is 0 Å². The Morgan fingerprint density at radius 2 is 1.92 bits per heavy atom. The fourth-order valence-electron chi connectivity index (χ4n) is 0.861. The quantitative estimate of drug-likeness (QED) is 0.555. The van der Waals surface area contributed by atoms with E-state index in [0.717, 1.165) is 11.1 Å². The van der Waals surface area contributed by atoms with E-state index < -0.39 is 0 Å². The molecule has 2 heteroatoms. The lowest BCUT2D eigenvalue weighted by Gasteiger charge is -1.95. The molecule has 12 heavy (non-hydrogen) atoms. The summed E-state index contributed by atoms with van der Waals surface area (Å²) in [6.45, 7) is 1.79. The molecule has 0 spiro atoms. The first kappa shape index (κ1) is 8.94. The fourth-order valence-corrected chi connectivity index (χ4v) is 0.920. The molecule has 0 radical (unpaired) electrons. The lowest BCUT2D eigenvalue weighted by atomic mass is 10.1. The fraction of sp³-hybridized carbons (Fsp3) is 0.100. The van der Waals surface area contributed by atoms with Gasteiger partial charge in [-0.1, -0.05) is 30.3 Å². The molecule has 1 aromatic carbocycles. The summed E-state index contributed by atoms with van der Waals surface area (Å²) in [4.78, 5) is 0. The number of aliphatic hydroxyl groups is 1. The van der Waals surface area contributed by atoms with Crippen molar-refractivity contribution in [1.82, 2.24) is 0 Å². The van der Waals surface area contributed by atoms with E-state index in [-0.39, 0.29) is 5.05 Å².